The molecule has 2 rings (SSSR count). The standard InChI is InChI=1S/C15H21NO3S/c1-4-16(14-8-11(2)7-12(3)9-14)15(17)13-5-6-20(18,19)10-13/h7-9,13H,4-6,10H2,1-3H3. The zero-order valence-electron chi connectivity index (χ0n) is 12.2. The first-order valence-corrected chi connectivity index (χ1v) is 8.74. The van der Waals surface area contributed by atoms with Gasteiger partial charge >= 0.3 is 0 Å². The zero-order valence-corrected chi connectivity index (χ0v) is 13.0. The molecule has 1 saturated heterocycles. The Kier molecular flexibility index (Phi) is 4.18. The Hall–Kier alpha value is -1.36. The van der Waals surface area contributed by atoms with Crippen LogP contribution >= 0.6 is 0 Å². The molecular weight excluding hydrogens is 274 g/mol. The Balaban J connectivity index is 2.26. The van der Waals surface area contributed by atoms with Gasteiger partial charge in [0.05, 0.1) is 17.4 Å². The van der Waals surface area contributed by atoms with Gasteiger partial charge in [-0.05, 0) is 50.5 Å². The van der Waals surface area contributed by atoms with E-state index in [0.717, 1.165) is 16.8 Å². The molecule has 1 unspecified atom stereocenters. The quantitative estimate of drug-likeness (QED) is 0.858. The number of carbonyl (C=O) groups excluding carboxylic acids is 1. The Labute approximate surface area is 120 Å². The molecule has 0 spiro atoms. The van der Waals surface area contributed by atoms with Crippen molar-refractivity contribution in [3.8, 4) is 0 Å². The van der Waals surface area contributed by atoms with Gasteiger partial charge in [0.1, 0.15) is 0 Å². The van der Waals surface area contributed by atoms with Crippen LogP contribution in [0.2, 0.25) is 0 Å². The van der Waals surface area contributed by atoms with Gasteiger partial charge in [-0.1, -0.05) is 6.07 Å². The molecule has 4 nitrogen and oxygen atoms in total. The number of nitrogens with zero attached hydrogens (tertiary/aromatic N) is 1. The fourth-order valence-corrected chi connectivity index (χ4v) is 4.51. The number of benzene rings is 1. The lowest BCUT2D eigenvalue weighted by Crippen LogP contribution is -2.36. The summed E-state index contributed by atoms with van der Waals surface area (Å²) in [5, 5.41) is 0. The van der Waals surface area contributed by atoms with Crippen LogP contribution in [0.4, 0.5) is 5.69 Å². The number of amides is 1. The highest BCUT2D eigenvalue weighted by Crippen LogP contribution is 2.25. The summed E-state index contributed by atoms with van der Waals surface area (Å²) < 4.78 is 23.1. The van der Waals surface area contributed by atoms with E-state index in [9.17, 15) is 13.2 Å². The third-order valence-corrected chi connectivity index (χ3v) is 5.45. The van der Waals surface area contributed by atoms with E-state index < -0.39 is 9.84 Å². The first-order chi connectivity index (χ1) is 9.32. The minimum atomic E-state index is -3.03. The van der Waals surface area contributed by atoms with E-state index in [4.69, 9.17) is 0 Å². The summed E-state index contributed by atoms with van der Waals surface area (Å²) in [5.74, 6) is -0.333. The normalized spacial score (nSPS) is 20.9. The molecule has 1 fully saturated rings. The Morgan fingerprint density at radius 2 is 1.85 bits per heavy atom. The molecule has 0 N–H and O–H groups in total. The molecule has 5 heteroatoms. The van der Waals surface area contributed by atoms with Gasteiger partial charge in [-0.3, -0.25) is 4.79 Å². The summed E-state index contributed by atoms with van der Waals surface area (Å²) in [4.78, 5) is 14.2. The van der Waals surface area contributed by atoms with E-state index in [0.29, 0.717) is 13.0 Å². The van der Waals surface area contributed by atoms with E-state index in [-0.39, 0.29) is 23.3 Å². The second-order valence-electron chi connectivity index (χ2n) is 5.53. The number of sulfone groups is 1. The molecule has 0 aromatic heterocycles. The topological polar surface area (TPSA) is 54.5 Å². The molecule has 1 aromatic rings. The van der Waals surface area contributed by atoms with E-state index in [1.54, 1.807) is 4.90 Å². The number of hydrogen-bond acceptors (Lipinski definition) is 3. The maximum atomic E-state index is 12.5. The lowest BCUT2D eigenvalue weighted by molar-refractivity contribution is -0.121. The molecule has 1 atom stereocenters. The number of carbonyl (C=O) groups is 1. The van der Waals surface area contributed by atoms with Gasteiger partial charge in [-0.15, -0.1) is 0 Å². The van der Waals surface area contributed by atoms with Crippen LogP contribution in [0.3, 0.4) is 0 Å². The van der Waals surface area contributed by atoms with Crippen molar-refractivity contribution < 1.29 is 13.2 Å². The van der Waals surface area contributed by atoms with Gasteiger partial charge in [0.2, 0.25) is 5.91 Å². The number of anilines is 1. The molecule has 110 valence electrons. The molecular formula is C15H21NO3S. The molecule has 0 aliphatic carbocycles. The SMILES string of the molecule is CCN(C(=O)C1CCS(=O)(=O)C1)c1cc(C)cc(C)c1. The van der Waals surface area contributed by atoms with Gasteiger partial charge in [-0.25, -0.2) is 8.42 Å². The van der Waals surface area contributed by atoms with Crippen molar-refractivity contribution >= 4 is 21.4 Å². The lowest BCUT2D eigenvalue weighted by Gasteiger charge is -2.24. The average molecular weight is 295 g/mol. The third-order valence-electron chi connectivity index (χ3n) is 3.68. The minimum absolute atomic E-state index is 0.00681. The Bertz CT molecular complexity index is 602. The van der Waals surface area contributed by atoms with Crippen molar-refractivity contribution in [3.05, 3.63) is 29.3 Å². The molecule has 1 aliphatic rings. The largest absolute Gasteiger partial charge is 0.312 e. The summed E-state index contributed by atoms with van der Waals surface area (Å²) >= 11 is 0. The van der Waals surface area contributed by atoms with Crippen LogP contribution in [-0.2, 0) is 14.6 Å². The van der Waals surface area contributed by atoms with Crippen molar-refractivity contribution in [2.24, 2.45) is 5.92 Å². The van der Waals surface area contributed by atoms with Crippen LogP contribution in [0, 0.1) is 19.8 Å². The summed E-state index contributed by atoms with van der Waals surface area (Å²) in [6.07, 6.45) is 0.447. The van der Waals surface area contributed by atoms with Crippen LogP contribution in [0.25, 0.3) is 0 Å². The minimum Gasteiger partial charge on any atom is -0.312 e. The van der Waals surface area contributed by atoms with Crippen LogP contribution in [-0.4, -0.2) is 32.4 Å². The fourth-order valence-electron chi connectivity index (χ4n) is 2.78. The number of aryl methyl sites for hydroxylation is 2. The van der Waals surface area contributed by atoms with Gasteiger partial charge in [0.15, 0.2) is 9.84 Å². The van der Waals surface area contributed by atoms with Crippen molar-refractivity contribution in [1.29, 1.82) is 0 Å². The van der Waals surface area contributed by atoms with Crippen LogP contribution in [0.15, 0.2) is 18.2 Å². The molecule has 20 heavy (non-hydrogen) atoms. The highest BCUT2D eigenvalue weighted by atomic mass is 32.2. The van der Waals surface area contributed by atoms with Crippen molar-refractivity contribution in [2.75, 3.05) is 23.0 Å². The zero-order chi connectivity index (χ0) is 14.9. The third kappa shape index (κ3) is 3.20. The molecule has 1 amide bonds. The fraction of sp³-hybridized carbons (Fsp3) is 0.533. The van der Waals surface area contributed by atoms with E-state index in [2.05, 4.69) is 6.07 Å². The predicted molar refractivity (Wildman–Crippen MR) is 80.7 cm³/mol. The van der Waals surface area contributed by atoms with E-state index in [1.807, 2.05) is 32.9 Å². The molecule has 0 radical (unpaired) electrons. The first-order valence-electron chi connectivity index (χ1n) is 6.92. The van der Waals surface area contributed by atoms with Crippen LogP contribution in [0.5, 0.6) is 0 Å². The first kappa shape index (κ1) is 15.0. The smallest absolute Gasteiger partial charge is 0.231 e. The van der Waals surface area contributed by atoms with Gasteiger partial charge in [0, 0.05) is 12.2 Å². The monoisotopic (exact) mass is 295 g/mol. The van der Waals surface area contributed by atoms with Gasteiger partial charge < -0.3 is 4.90 Å². The molecule has 1 aliphatic heterocycles. The second kappa shape index (κ2) is 5.56. The highest BCUT2D eigenvalue weighted by molar-refractivity contribution is 7.91. The molecule has 0 saturated carbocycles. The summed E-state index contributed by atoms with van der Waals surface area (Å²) in [7, 11) is -3.03. The second-order valence-corrected chi connectivity index (χ2v) is 7.76. The predicted octanol–water partition coefficient (Wildman–Crippen LogP) is 2.09. The number of rotatable bonds is 3. The summed E-state index contributed by atoms with van der Waals surface area (Å²) in [6.45, 7) is 6.46. The molecule has 1 aromatic carbocycles. The Morgan fingerprint density at radius 3 is 2.30 bits per heavy atom. The maximum absolute atomic E-state index is 12.5. The van der Waals surface area contributed by atoms with Crippen LogP contribution in [0.1, 0.15) is 24.5 Å². The van der Waals surface area contributed by atoms with Crippen molar-refractivity contribution in [3.63, 3.8) is 0 Å². The van der Waals surface area contributed by atoms with Gasteiger partial charge in [0.25, 0.3) is 0 Å². The van der Waals surface area contributed by atoms with E-state index in [1.165, 1.54) is 0 Å². The maximum Gasteiger partial charge on any atom is 0.231 e. The highest BCUT2D eigenvalue weighted by Gasteiger charge is 2.35. The van der Waals surface area contributed by atoms with Crippen molar-refractivity contribution in [2.45, 2.75) is 27.2 Å². The molecule has 0 bridgehead atoms. The average Bonchev–Trinajstić information content (AvgIpc) is 2.69. The molecule has 1 heterocycles. The van der Waals surface area contributed by atoms with Crippen LogP contribution < -0.4 is 4.90 Å². The van der Waals surface area contributed by atoms with Gasteiger partial charge in [-0.2, -0.15) is 0 Å². The summed E-state index contributed by atoms with van der Waals surface area (Å²) in [6, 6.07) is 6.00. The van der Waals surface area contributed by atoms with Crippen molar-refractivity contribution in [1.82, 2.24) is 0 Å². The lowest BCUT2D eigenvalue weighted by atomic mass is 10.1. The Morgan fingerprint density at radius 1 is 1.25 bits per heavy atom. The summed E-state index contributed by atoms with van der Waals surface area (Å²) in [5.41, 5.74) is 3.06. The van der Waals surface area contributed by atoms with E-state index >= 15 is 0 Å². The number of hydrogen-bond donors (Lipinski definition) is 0.